The van der Waals surface area contributed by atoms with Crippen molar-refractivity contribution >= 4 is 39.1 Å². The fourth-order valence-electron chi connectivity index (χ4n) is 2.38. The van der Waals surface area contributed by atoms with Gasteiger partial charge in [0.15, 0.2) is 0 Å². The zero-order valence-corrected chi connectivity index (χ0v) is 13.5. The summed E-state index contributed by atoms with van der Waals surface area (Å²) in [5.41, 5.74) is 6.96. The summed E-state index contributed by atoms with van der Waals surface area (Å²) >= 11 is 1.17. The van der Waals surface area contributed by atoms with Crippen LogP contribution in [0, 0.1) is 0 Å². The number of hydrogen-bond donors (Lipinski definition) is 2. The Bertz CT molecular complexity index is 957. The van der Waals surface area contributed by atoms with E-state index < -0.39 is 5.91 Å². The van der Waals surface area contributed by atoms with Crippen LogP contribution >= 0.6 is 11.3 Å². The van der Waals surface area contributed by atoms with E-state index in [4.69, 9.17) is 5.73 Å². The molecule has 2 aromatic carbocycles. The number of para-hydroxylation sites is 1. The van der Waals surface area contributed by atoms with Crippen LogP contribution in [0.4, 0.5) is 5.69 Å². The van der Waals surface area contributed by atoms with Crippen molar-refractivity contribution < 1.29 is 9.59 Å². The first-order chi connectivity index (χ1) is 11.5. The van der Waals surface area contributed by atoms with Crippen LogP contribution in [0.2, 0.25) is 0 Å². The van der Waals surface area contributed by atoms with E-state index in [0.717, 1.165) is 10.2 Å². The molecule has 3 rings (SSSR count). The first kappa shape index (κ1) is 15.9. The van der Waals surface area contributed by atoms with Crippen LogP contribution in [-0.2, 0) is 11.3 Å². The molecule has 1 heterocycles. The van der Waals surface area contributed by atoms with Crippen LogP contribution in [0.3, 0.4) is 0 Å². The molecule has 3 aromatic rings. The van der Waals surface area contributed by atoms with E-state index in [9.17, 15) is 14.4 Å². The topological polar surface area (TPSA) is 94.2 Å². The molecule has 2 amide bonds. The number of anilines is 1. The summed E-state index contributed by atoms with van der Waals surface area (Å²) in [6.07, 6.45) is 0.179. The summed E-state index contributed by atoms with van der Waals surface area (Å²) < 4.78 is 2.51. The van der Waals surface area contributed by atoms with Crippen molar-refractivity contribution in [2.45, 2.75) is 13.0 Å². The molecule has 3 N–H and O–H groups in total. The normalized spacial score (nSPS) is 10.7. The minimum atomic E-state index is -0.517. The number of thiazole rings is 1. The van der Waals surface area contributed by atoms with Crippen molar-refractivity contribution in [3.63, 3.8) is 0 Å². The first-order valence-electron chi connectivity index (χ1n) is 7.33. The molecule has 0 spiro atoms. The molecule has 122 valence electrons. The smallest absolute Gasteiger partial charge is 0.308 e. The van der Waals surface area contributed by atoms with Gasteiger partial charge >= 0.3 is 4.87 Å². The van der Waals surface area contributed by atoms with Gasteiger partial charge in [-0.3, -0.25) is 19.0 Å². The van der Waals surface area contributed by atoms with Crippen LogP contribution in [0.1, 0.15) is 16.8 Å². The van der Waals surface area contributed by atoms with Gasteiger partial charge in [0.1, 0.15) is 0 Å². The number of nitrogens with zero attached hydrogens (tertiary/aromatic N) is 1. The van der Waals surface area contributed by atoms with Gasteiger partial charge in [0.05, 0.1) is 10.2 Å². The number of primary amides is 1. The van der Waals surface area contributed by atoms with Gasteiger partial charge in [0.2, 0.25) is 11.8 Å². The number of aryl methyl sites for hydroxylation is 1. The van der Waals surface area contributed by atoms with E-state index in [1.165, 1.54) is 11.3 Å². The van der Waals surface area contributed by atoms with E-state index in [2.05, 4.69) is 5.32 Å². The third-order valence-corrected chi connectivity index (χ3v) is 4.55. The maximum atomic E-state index is 12.1. The van der Waals surface area contributed by atoms with Crippen molar-refractivity contribution in [3.8, 4) is 0 Å². The largest absolute Gasteiger partial charge is 0.366 e. The Labute approximate surface area is 141 Å². The number of rotatable bonds is 5. The van der Waals surface area contributed by atoms with Crippen LogP contribution in [0.5, 0.6) is 0 Å². The first-order valence-corrected chi connectivity index (χ1v) is 8.14. The Morgan fingerprint density at radius 3 is 2.50 bits per heavy atom. The quantitative estimate of drug-likeness (QED) is 0.745. The van der Waals surface area contributed by atoms with Crippen LogP contribution in [-0.4, -0.2) is 16.4 Å². The Morgan fingerprint density at radius 1 is 1.08 bits per heavy atom. The molecular formula is C17H15N3O3S. The lowest BCUT2D eigenvalue weighted by Gasteiger charge is -2.07. The summed E-state index contributed by atoms with van der Waals surface area (Å²) in [6.45, 7) is 0.314. The lowest BCUT2D eigenvalue weighted by molar-refractivity contribution is -0.116. The number of aromatic nitrogens is 1. The van der Waals surface area contributed by atoms with Gasteiger partial charge in [-0.2, -0.15) is 0 Å². The second-order valence-corrected chi connectivity index (χ2v) is 6.22. The Kier molecular flexibility index (Phi) is 4.43. The van der Waals surface area contributed by atoms with Gasteiger partial charge in [-0.25, -0.2) is 0 Å². The standard InChI is InChI=1S/C17H15N3O3S/c18-16(22)11-5-7-12(8-6-11)19-15(21)9-10-20-13-3-1-2-4-14(13)24-17(20)23/h1-8H,9-10H2,(H2,18,22)(H,19,21). The van der Waals surface area contributed by atoms with E-state index in [-0.39, 0.29) is 17.2 Å². The summed E-state index contributed by atoms with van der Waals surface area (Å²) in [4.78, 5) is 35.0. The van der Waals surface area contributed by atoms with Crippen molar-refractivity contribution in [2.24, 2.45) is 5.73 Å². The number of amides is 2. The van der Waals surface area contributed by atoms with Gasteiger partial charge < -0.3 is 11.1 Å². The minimum absolute atomic E-state index is 0.0742. The highest BCUT2D eigenvalue weighted by molar-refractivity contribution is 7.16. The maximum Gasteiger partial charge on any atom is 0.308 e. The Morgan fingerprint density at radius 2 is 1.79 bits per heavy atom. The monoisotopic (exact) mass is 341 g/mol. The fraction of sp³-hybridized carbons (Fsp3) is 0.118. The van der Waals surface area contributed by atoms with Crippen molar-refractivity contribution in [1.82, 2.24) is 4.57 Å². The lowest BCUT2D eigenvalue weighted by Crippen LogP contribution is -2.19. The predicted molar refractivity (Wildman–Crippen MR) is 94.3 cm³/mol. The molecule has 0 saturated heterocycles. The van der Waals surface area contributed by atoms with Crippen LogP contribution in [0.25, 0.3) is 10.2 Å². The molecule has 0 bridgehead atoms. The zero-order chi connectivity index (χ0) is 17.1. The van der Waals surface area contributed by atoms with E-state index in [1.54, 1.807) is 28.8 Å². The van der Waals surface area contributed by atoms with Gasteiger partial charge in [-0.1, -0.05) is 23.5 Å². The van der Waals surface area contributed by atoms with Gasteiger partial charge in [-0.05, 0) is 36.4 Å². The minimum Gasteiger partial charge on any atom is -0.366 e. The molecule has 0 saturated carbocycles. The fourth-order valence-corrected chi connectivity index (χ4v) is 3.30. The highest BCUT2D eigenvalue weighted by Crippen LogP contribution is 2.17. The average molecular weight is 341 g/mol. The Balaban J connectivity index is 1.66. The Hall–Kier alpha value is -2.93. The highest BCUT2D eigenvalue weighted by atomic mass is 32.1. The number of carbonyl (C=O) groups is 2. The van der Waals surface area contributed by atoms with E-state index in [1.807, 2.05) is 24.3 Å². The number of nitrogens with two attached hydrogens (primary N) is 1. The molecular weight excluding hydrogens is 326 g/mol. The van der Waals surface area contributed by atoms with Crippen molar-refractivity contribution in [1.29, 1.82) is 0 Å². The summed E-state index contributed by atoms with van der Waals surface area (Å²) in [5.74, 6) is -0.722. The second-order valence-electron chi connectivity index (χ2n) is 5.23. The third-order valence-electron chi connectivity index (χ3n) is 3.59. The van der Waals surface area contributed by atoms with E-state index in [0.29, 0.717) is 17.8 Å². The number of nitrogens with one attached hydrogen (secondary N) is 1. The predicted octanol–water partition coefficient (Wildman–Crippen LogP) is 2.19. The molecule has 1 aromatic heterocycles. The summed E-state index contributed by atoms with van der Waals surface area (Å²) in [6, 6.07) is 13.8. The van der Waals surface area contributed by atoms with Gasteiger partial charge in [0, 0.05) is 24.2 Å². The van der Waals surface area contributed by atoms with E-state index >= 15 is 0 Å². The lowest BCUT2D eigenvalue weighted by atomic mass is 10.2. The molecule has 6 nitrogen and oxygen atoms in total. The number of fused-ring (bicyclic) bond motifs is 1. The number of hydrogen-bond acceptors (Lipinski definition) is 4. The number of carbonyl (C=O) groups excluding carboxylic acids is 2. The summed E-state index contributed by atoms with van der Waals surface area (Å²) in [5, 5.41) is 2.73. The van der Waals surface area contributed by atoms with Gasteiger partial charge in [0.25, 0.3) is 0 Å². The molecule has 24 heavy (non-hydrogen) atoms. The molecule has 0 unspecified atom stereocenters. The molecule has 0 fully saturated rings. The maximum absolute atomic E-state index is 12.1. The van der Waals surface area contributed by atoms with Crippen LogP contribution < -0.4 is 15.9 Å². The molecule has 7 heteroatoms. The molecule has 0 aliphatic carbocycles. The van der Waals surface area contributed by atoms with Gasteiger partial charge in [-0.15, -0.1) is 0 Å². The van der Waals surface area contributed by atoms with Crippen LogP contribution in [0.15, 0.2) is 53.3 Å². The van der Waals surface area contributed by atoms with Crippen molar-refractivity contribution in [2.75, 3.05) is 5.32 Å². The molecule has 0 aliphatic rings. The number of benzene rings is 2. The SMILES string of the molecule is NC(=O)c1ccc(NC(=O)CCn2c(=O)sc3ccccc32)cc1. The van der Waals surface area contributed by atoms with Crippen molar-refractivity contribution in [3.05, 3.63) is 63.8 Å². The highest BCUT2D eigenvalue weighted by Gasteiger charge is 2.09. The zero-order valence-electron chi connectivity index (χ0n) is 12.7. The average Bonchev–Trinajstić information content (AvgIpc) is 2.88. The summed E-state index contributed by atoms with van der Waals surface area (Å²) in [7, 11) is 0. The molecule has 0 radical (unpaired) electrons. The molecule has 0 aliphatic heterocycles. The third kappa shape index (κ3) is 3.36. The second kappa shape index (κ2) is 6.67. The molecule has 0 atom stereocenters.